The van der Waals surface area contributed by atoms with Crippen LogP contribution in [-0.4, -0.2) is 29.2 Å². The average Bonchev–Trinajstić information content (AvgIpc) is 1.68. The molecule has 0 aliphatic heterocycles. The van der Waals surface area contributed by atoms with Crippen LogP contribution in [0.4, 0.5) is 0 Å². The van der Waals surface area contributed by atoms with E-state index in [1.807, 2.05) is 0 Å². The highest BCUT2D eigenvalue weighted by Gasteiger charge is 2.03. The van der Waals surface area contributed by atoms with E-state index in [-0.39, 0.29) is 13.0 Å². The van der Waals surface area contributed by atoms with Gasteiger partial charge in [-0.05, 0) is 0 Å². The second-order valence-electron chi connectivity index (χ2n) is 1.31. The molecule has 0 fully saturated rings. The number of hydrogen-bond acceptors (Lipinski definition) is 3. The monoisotopic (exact) mass is 120 g/mol. The Kier molecular flexibility index (Phi) is 4.20. The Balaban J connectivity index is 3.17. The molecule has 4 nitrogen and oxygen atoms in total. The number of aliphatic hydroxyl groups is 2. The molecule has 1 unspecified atom stereocenters. The molecular formula is C4H8O4. The maximum Gasteiger partial charge on any atom is 0.346 e. The number of carbonyl (C=O) groups excluding carboxylic acids is 1. The van der Waals surface area contributed by atoms with E-state index in [0.717, 1.165) is 6.29 Å². The molecule has 0 spiro atoms. The van der Waals surface area contributed by atoms with Gasteiger partial charge in [0.05, 0.1) is 0 Å². The lowest BCUT2D eigenvalue weighted by atomic mass is 10.3. The molecule has 0 saturated carbocycles. The molecule has 48 valence electrons. The average molecular weight is 120 g/mol. The molecule has 0 aromatic heterocycles. The molecule has 4 heteroatoms. The van der Waals surface area contributed by atoms with Crippen molar-refractivity contribution in [1.82, 2.24) is 0 Å². The Bertz CT molecular complexity index is 70.4. The fourth-order valence-electron chi connectivity index (χ4n) is 0.264. The summed E-state index contributed by atoms with van der Waals surface area (Å²) in [5.74, 6) is 0. The predicted octanol–water partition coefficient (Wildman–Crippen LogP) is -2.26. The Hall–Kier alpha value is -0.610. The first-order valence-electron chi connectivity index (χ1n) is 2.22. The molecule has 0 radical (unpaired) electrons. The normalized spacial score (nSPS) is 14.8. The SMILES string of the molecule is [O-][O+]=CC(O)CCO. The second-order valence-corrected chi connectivity index (χ2v) is 1.31. The summed E-state index contributed by atoms with van der Waals surface area (Å²) in [6, 6.07) is 0. The molecule has 0 rings (SSSR count). The second kappa shape index (κ2) is 4.55. The van der Waals surface area contributed by atoms with Crippen LogP contribution in [0.2, 0.25) is 0 Å². The maximum absolute atomic E-state index is 9.22. The number of hydrogen-bond donors (Lipinski definition) is 2. The van der Waals surface area contributed by atoms with Crippen molar-refractivity contribution < 1.29 is 20.0 Å². The van der Waals surface area contributed by atoms with Gasteiger partial charge in [-0.25, -0.2) is 0 Å². The number of rotatable bonds is 3. The first-order valence-corrected chi connectivity index (χ1v) is 2.22. The number of aldehydes is 1. The van der Waals surface area contributed by atoms with Crippen molar-refractivity contribution in [1.29, 1.82) is 0 Å². The molecule has 0 aliphatic rings. The van der Waals surface area contributed by atoms with Crippen LogP contribution in [0.15, 0.2) is 0 Å². The minimum absolute atomic E-state index is 0.141. The van der Waals surface area contributed by atoms with Gasteiger partial charge in [0.25, 0.3) is 0 Å². The third-order valence-electron chi connectivity index (χ3n) is 0.638. The zero-order valence-electron chi connectivity index (χ0n) is 4.28. The summed E-state index contributed by atoms with van der Waals surface area (Å²) >= 11 is 0. The maximum atomic E-state index is 9.22. The molecule has 2 N–H and O–H groups in total. The molecule has 0 amide bonds. The van der Waals surface area contributed by atoms with Crippen LogP contribution in [0, 0.1) is 0 Å². The molecule has 0 aromatic rings. The first-order chi connectivity index (χ1) is 3.81. The van der Waals surface area contributed by atoms with Crippen LogP contribution >= 0.6 is 0 Å². The highest BCUT2D eigenvalue weighted by Crippen LogP contribution is 1.82. The largest absolute Gasteiger partial charge is 0.463 e. The zero-order valence-corrected chi connectivity index (χ0v) is 4.28. The minimum atomic E-state index is -0.947. The van der Waals surface area contributed by atoms with Crippen molar-refractivity contribution >= 4 is 6.29 Å². The van der Waals surface area contributed by atoms with Crippen LogP contribution in [0.3, 0.4) is 0 Å². The Labute approximate surface area is 46.6 Å². The van der Waals surface area contributed by atoms with E-state index < -0.39 is 6.10 Å². The summed E-state index contributed by atoms with van der Waals surface area (Å²) in [4.78, 5) is 0. The highest BCUT2D eigenvalue weighted by atomic mass is 17.1. The van der Waals surface area contributed by atoms with Crippen LogP contribution in [0.5, 0.6) is 0 Å². The van der Waals surface area contributed by atoms with Gasteiger partial charge in [0.15, 0.2) is 6.10 Å². The van der Waals surface area contributed by atoms with Gasteiger partial charge in [-0.1, -0.05) is 0 Å². The topological polar surface area (TPSA) is 74.8 Å². The molecule has 1 atom stereocenters. The van der Waals surface area contributed by atoms with E-state index in [9.17, 15) is 5.26 Å². The first kappa shape index (κ1) is 7.39. The van der Waals surface area contributed by atoms with Crippen molar-refractivity contribution in [3.05, 3.63) is 0 Å². The Morgan fingerprint density at radius 2 is 2.38 bits per heavy atom. The third-order valence-corrected chi connectivity index (χ3v) is 0.638. The molecule has 0 saturated heterocycles. The minimum Gasteiger partial charge on any atom is -0.463 e. The van der Waals surface area contributed by atoms with E-state index in [1.165, 1.54) is 0 Å². The lowest BCUT2D eigenvalue weighted by molar-refractivity contribution is -1.04. The summed E-state index contributed by atoms with van der Waals surface area (Å²) < 4.78 is 3.22. The van der Waals surface area contributed by atoms with E-state index >= 15 is 0 Å². The quantitative estimate of drug-likeness (QED) is 0.191. The van der Waals surface area contributed by atoms with E-state index in [2.05, 4.69) is 4.58 Å². The predicted molar refractivity (Wildman–Crippen MR) is 23.8 cm³/mol. The van der Waals surface area contributed by atoms with Crippen molar-refractivity contribution in [2.75, 3.05) is 6.61 Å². The van der Waals surface area contributed by atoms with Gasteiger partial charge in [0, 0.05) is 13.0 Å². The lowest BCUT2D eigenvalue weighted by Gasteiger charge is -1.91. The van der Waals surface area contributed by atoms with Gasteiger partial charge in [-0.2, -0.15) is 4.58 Å². The fraction of sp³-hybridized carbons (Fsp3) is 0.750. The molecule has 0 aliphatic carbocycles. The summed E-state index contributed by atoms with van der Waals surface area (Å²) in [7, 11) is 0. The lowest BCUT2D eigenvalue weighted by Crippen LogP contribution is -2.14. The smallest absolute Gasteiger partial charge is 0.346 e. The van der Waals surface area contributed by atoms with E-state index in [0.29, 0.717) is 0 Å². The molecule has 0 heterocycles. The van der Waals surface area contributed by atoms with Crippen molar-refractivity contribution in [3.63, 3.8) is 0 Å². The van der Waals surface area contributed by atoms with Gasteiger partial charge in [0.1, 0.15) is 0 Å². The fourth-order valence-corrected chi connectivity index (χ4v) is 0.264. The van der Waals surface area contributed by atoms with E-state index in [1.54, 1.807) is 0 Å². The van der Waals surface area contributed by atoms with Gasteiger partial charge >= 0.3 is 6.29 Å². The summed E-state index contributed by atoms with van der Waals surface area (Å²) in [6.07, 6.45) is -0.0872. The van der Waals surface area contributed by atoms with Crippen LogP contribution in [0.25, 0.3) is 0 Å². The van der Waals surface area contributed by atoms with Gasteiger partial charge in [-0.15, -0.1) is 0 Å². The van der Waals surface area contributed by atoms with Crippen LogP contribution < -0.4 is 5.26 Å². The standard InChI is InChI=1S/C4H8O4/c5-2-1-4(6)3-8-7/h3-6H,1-2H2. The van der Waals surface area contributed by atoms with Crippen molar-refractivity contribution in [2.24, 2.45) is 0 Å². The Morgan fingerprint density at radius 1 is 1.75 bits per heavy atom. The molecule has 0 bridgehead atoms. The summed E-state index contributed by atoms with van der Waals surface area (Å²) in [5.41, 5.74) is 0. The summed E-state index contributed by atoms with van der Waals surface area (Å²) in [5, 5.41) is 25.9. The molecular weight excluding hydrogens is 112 g/mol. The third kappa shape index (κ3) is 3.58. The van der Waals surface area contributed by atoms with Crippen molar-refractivity contribution in [3.8, 4) is 0 Å². The van der Waals surface area contributed by atoms with Crippen LogP contribution in [0.1, 0.15) is 6.42 Å². The molecule has 8 heavy (non-hydrogen) atoms. The van der Waals surface area contributed by atoms with Gasteiger partial charge in [0.2, 0.25) is 0 Å². The van der Waals surface area contributed by atoms with Crippen molar-refractivity contribution in [2.45, 2.75) is 12.5 Å². The van der Waals surface area contributed by atoms with Gasteiger partial charge < -0.3 is 15.5 Å². The Morgan fingerprint density at radius 3 is 2.75 bits per heavy atom. The van der Waals surface area contributed by atoms with Crippen LogP contribution in [-0.2, 0) is 4.58 Å². The highest BCUT2D eigenvalue weighted by molar-refractivity contribution is 5.55. The molecule has 0 aromatic carbocycles. The zero-order chi connectivity index (χ0) is 6.41. The van der Waals surface area contributed by atoms with Gasteiger partial charge in [-0.3, -0.25) is 0 Å². The number of aliphatic hydroxyl groups excluding tert-OH is 2. The summed E-state index contributed by atoms with van der Waals surface area (Å²) in [6.45, 7) is -0.152. The van der Waals surface area contributed by atoms with E-state index in [4.69, 9.17) is 10.2 Å².